The zero-order chi connectivity index (χ0) is 24.9. The Morgan fingerprint density at radius 1 is 1.14 bits per heavy atom. The van der Waals surface area contributed by atoms with Gasteiger partial charge in [-0.2, -0.15) is 5.26 Å². The highest BCUT2D eigenvalue weighted by atomic mass is 35.5. The molecule has 5 rings (SSSR count). The van der Waals surface area contributed by atoms with E-state index in [1.807, 2.05) is 0 Å². The SMILES string of the molecule is Cc1c(C(=O)Oc2ccc3c(c2)OC(N)=C(C#N)C3c2c(Cl)cccc2Cl)oc2ccc(F)cc12. The maximum Gasteiger partial charge on any atom is 0.379 e. The standard InChI is InChI=1S/C26H15Cl2FN2O4/c1-12-16-9-13(29)5-8-20(16)34-24(12)26(32)33-14-6-7-15-21(10-14)35-25(31)17(11-30)22(15)23-18(27)3-2-4-19(23)28/h2-10,22H,31H2,1H3. The topological polar surface area (TPSA) is 98.5 Å². The molecule has 174 valence electrons. The summed E-state index contributed by atoms with van der Waals surface area (Å²) in [5, 5.41) is 11.0. The Hall–Kier alpha value is -3.99. The molecule has 0 bridgehead atoms. The quantitative estimate of drug-likeness (QED) is 0.246. The summed E-state index contributed by atoms with van der Waals surface area (Å²) in [5.74, 6) is -1.61. The van der Waals surface area contributed by atoms with Gasteiger partial charge in [-0.1, -0.05) is 35.3 Å². The van der Waals surface area contributed by atoms with Crippen molar-refractivity contribution in [2.75, 3.05) is 0 Å². The number of fused-ring (bicyclic) bond motifs is 2. The Kier molecular flexibility index (Phi) is 5.64. The van der Waals surface area contributed by atoms with Gasteiger partial charge in [-0.05, 0) is 43.3 Å². The highest BCUT2D eigenvalue weighted by Crippen LogP contribution is 2.47. The van der Waals surface area contributed by atoms with Gasteiger partial charge in [0.25, 0.3) is 0 Å². The Morgan fingerprint density at radius 3 is 2.60 bits per heavy atom. The molecule has 0 amide bonds. The van der Waals surface area contributed by atoms with Crippen LogP contribution in [0.3, 0.4) is 0 Å². The van der Waals surface area contributed by atoms with Gasteiger partial charge in [-0.3, -0.25) is 0 Å². The number of nitriles is 1. The fraction of sp³-hybridized carbons (Fsp3) is 0.0769. The van der Waals surface area contributed by atoms with E-state index < -0.39 is 17.7 Å². The van der Waals surface area contributed by atoms with E-state index in [4.69, 9.17) is 42.8 Å². The number of ether oxygens (including phenoxy) is 2. The minimum absolute atomic E-state index is 0.0452. The van der Waals surface area contributed by atoms with Crippen molar-refractivity contribution >= 4 is 40.1 Å². The first-order valence-electron chi connectivity index (χ1n) is 10.3. The zero-order valence-electron chi connectivity index (χ0n) is 18.1. The van der Waals surface area contributed by atoms with Crippen LogP contribution in [-0.2, 0) is 0 Å². The third-order valence-corrected chi connectivity index (χ3v) is 6.43. The van der Waals surface area contributed by atoms with Crippen LogP contribution in [0.1, 0.15) is 33.2 Å². The van der Waals surface area contributed by atoms with Crippen LogP contribution in [0.15, 0.2) is 70.5 Å². The predicted octanol–water partition coefficient (Wildman–Crippen LogP) is 6.62. The van der Waals surface area contributed by atoms with Crippen molar-refractivity contribution in [3.05, 3.63) is 104 Å². The first-order valence-corrected chi connectivity index (χ1v) is 11.1. The highest BCUT2D eigenvalue weighted by molar-refractivity contribution is 6.36. The van der Waals surface area contributed by atoms with Crippen LogP contribution in [0.5, 0.6) is 11.5 Å². The van der Waals surface area contributed by atoms with Gasteiger partial charge >= 0.3 is 5.97 Å². The van der Waals surface area contributed by atoms with Crippen molar-refractivity contribution < 1.29 is 23.1 Å². The Morgan fingerprint density at radius 2 is 1.89 bits per heavy atom. The average Bonchev–Trinajstić information content (AvgIpc) is 3.14. The normalized spacial score (nSPS) is 14.9. The van der Waals surface area contributed by atoms with Crippen LogP contribution in [0, 0.1) is 24.1 Å². The number of esters is 1. The number of nitrogens with two attached hydrogens (primary N) is 1. The van der Waals surface area contributed by atoms with E-state index in [1.54, 1.807) is 37.3 Å². The van der Waals surface area contributed by atoms with Crippen molar-refractivity contribution in [1.82, 2.24) is 0 Å². The highest BCUT2D eigenvalue weighted by Gasteiger charge is 2.34. The molecule has 2 N–H and O–H groups in total. The number of aryl methyl sites for hydroxylation is 1. The summed E-state index contributed by atoms with van der Waals surface area (Å²) in [4.78, 5) is 12.8. The van der Waals surface area contributed by atoms with E-state index in [9.17, 15) is 14.4 Å². The average molecular weight is 509 g/mol. The van der Waals surface area contributed by atoms with Gasteiger partial charge in [0.2, 0.25) is 11.6 Å². The molecule has 35 heavy (non-hydrogen) atoms. The van der Waals surface area contributed by atoms with Gasteiger partial charge in [-0.15, -0.1) is 0 Å². The summed E-state index contributed by atoms with van der Waals surface area (Å²) >= 11 is 12.8. The number of hydrogen-bond acceptors (Lipinski definition) is 6. The van der Waals surface area contributed by atoms with Crippen LogP contribution < -0.4 is 15.2 Å². The molecule has 0 radical (unpaired) electrons. The second-order valence-electron chi connectivity index (χ2n) is 7.85. The molecular weight excluding hydrogens is 494 g/mol. The number of hydrogen-bond donors (Lipinski definition) is 1. The van der Waals surface area contributed by atoms with Crippen LogP contribution in [-0.4, -0.2) is 5.97 Å². The molecular formula is C26H15Cl2FN2O4. The van der Waals surface area contributed by atoms with Gasteiger partial charge in [0.05, 0.1) is 5.92 Å². The lowest BCUT2D eigenvalue weighted by molar-refractivity contribution is 0.0702. The fourth-order valence-corrected chi connectivity index (χ4v) is 4.74. The second-order valence-corrected chi connectivity index (χ2v) is 8.66. The van der Waals surface area contributed by atoms with Crippen LogP contribution in [0.2, 0.25) is 10.0 Å². The number of allylic oxidation sites excluding steroid dienone is 1. The van der Waals surface area contributed by atoms with Gasteiger partial charge in [0, 0.05) is 38.2 Å². The molecule has 9 heteroatoms. The minimum atomic E-state index is -0.762. The summed E-state index contributed by atoms with van der Waals surface area (Å²) in [6.45, 7) is 1.64. The van der Waals surface area contributed by atoms with Crippen LogP contribution in [0.25, 0.3) is 11.0 Å². The molecule has 0 saturated carbocycles. The van der Waals surface area contributed by atoms with E-state index in [0.717, 1.165) is 0 Å². The fourth-order valence-electron chi connectivity index (χ4n) is 4.12. The first kappa shape index (κ1) is 22.8. The third kappa shape index (κ3) is 3.87. The molecule has 0 fully saturated rings. The Bertz CT molecular complexity index is 1580. The van der Waals surface area contributed by atoms with Crippen molar-refractivity contribution in [3.63, 3.8) is 0 Å². The number of nitrogens with zero attached hydrogens (tertiary/aromatic N) is 1. The van der Waals surface area contributed by atoms with Crippen molar-refractivity contribution in [2.45, 2.75) is 12.8 Å². The van der Waals surface area contributed by atoms with E-state index >= 15 is 0 Å². The molecule has 1 aliphatic heterocycles. The van der Waals surface area contributed by atoms with Crippen molar-refractivity contribution in [2.24, 2.45) is 5.73 Å². The van der Waals surface area contributed by atoms with Gasteiger partial charge in [0.15, 0.2) is 0 Å². The number of carbonyl (C=O) groups excluding carboxylic acids is 1. The molecule has 1 aliphatic rings. The molecule has 0 spiro atoms. The summed E-state index contributed by atoms with van der Waals surface area (Å²) in [6.07, 6.45) is 0. The summed E-state index contributed by atoms with van der Waals surface area (Å²) < 4.78 is 30.4. The van der Waals surface area contributed by atoms with Gasteiger partial charge in [-0.25, -0.2) is 9.18 Å². The molecule has 2 heterocycles. The Labute approximate surface area is 208 Å². The molecule has 4 aromatic rings. The summed E-state index contributed by atoms with van der Waals surface area (Å²) in [7, 11) is 0. The van der Waals surface area contributed by atoms with Crippen molar-refractivity contribution in [1.29, 1.82) is 5.26 Å². The zero-order valence-corrected chi connectivity index (χ0v) is 19.6. The van der Waals surface area contributed by atoms with Crippen LogP contribution >= 0.6 is 23.2 Å². The monoisotopic (exact) mass is 508 g/mol. The lowest BCUT2D eigenvalue weighted by Gasteiger charge is -2.27. The molecule has 1 atom stereocenters. The maximum atomic E-state index is 13.6. The smallest absolute Gasteiger partial charge is 0.379 e. The third-order valence-electron chi connectivity index (χ3n) is 5.77. The van der Waals surface area contributed by atoms with E-state index in [0.29, 0.717) is 37.7 Å². The van der Waals surface area contributed by atoms with Gasteiger partial charge < -0.3 is 19.6 Å². The molecule has 3 aromatic carbocycles. The van der Waals surface area contributed by atoms with Gasteiger partial charge in [0.1, 0.15) is 34.5 Å². The summed E-state index contributed by atoms with van der Waals surface area (Å²) in [5.41, 5.74) is 8.10. The minimum Gasteiger partial charge on any atom is -0.449 e. The predicted molar refractivity (Wildman–Crippen MR) is 128 cm³/mol. The molecule has 1 aromatic heterocycles. The largest absolute Gasteiger partial charge is 0.449 e. The molecule has 1 unspecified atom stereocenters. The number of carbonyl (C=O) groups is 1. The summed E-state index contributed by atoms with van der Waals surface area (Å²) in [6, 6.07) is 15.8. The second kappa shape index (κ2) is 8.66. The van der Waals surface area contributed by atoms with Crippen LogP contribution in [0.4, 0.5) is 4.39 Å². The lowest BCUT2D eigenvalue weighted by Crippen LogP contribution is -2.21. The van der Waals surface area contributed by atoms with E-state index in [2.05, 4.69) is 6.07 Å². The molecule has 0 aliphatic carbocycles. The number of halogens is 3. The number of benzene rings is 3. The lowest BCUT2D eigenvalue weighted by atomic mass is 9.83. The molecule has 6 nitrogen and oxygen atoms in total. The van der Waals surface area contributed by atoms with E-state index in [-0.39, 0.29) is 28.7 Å². The van der Waals surface area contributed by atoms with Crippen molar-refractivity contribution in [3.8, 4) is 17.6 Å². The Balaban J connectivity index is 1.52. The molecule has 0 saturated heterocycles. The maximum absolute atomic E-state index is 13.6. The number of rotatable bonds is 3. The first-order chi connectivity index (χ1) is 16.8. The number of furan rings is 1. The van der Waals surface area contributed by atoms with E-state index in [1.165, 1.54) is 24.3 Å².